The number of anilines is 2. The second-order valence-corrected chi connectivity index (χ2v) is 8.69. The second kappa shape index (κ2) is 10.4. The molecule has 0 saturated heterocycles. The summed E-state index contributed by atoms with van der Waals surface area (Å²) in [5.41, 5.74) is 2.85. The summed E-state index contributed by atoms with van der Waals surface area (Å²) < 4.78 is 11.7. The van der Waals surface area contributed by atoms with Crippen molar-refractivity contribution in [1.29, 1.82) is 0 Å². The highest BCUT2D eigenvalue weighted by atomic mass is 32.1. The van der Waals surface area contributed by atoms with Gasteiger partial charge in [0.1, 0.15) is 6.61 Å². The first-order valence-corrected chi connectivity index (χ1v) is 11.6. The molecule has 0 unspecified atom stereocenters. The zero-order valence-corrected chi connectivity index (χ0v) is 19.9. The van der Waals surface area contributed by atoms with Crippen LogP contribution in [0.15, 0.2) is 54.0 Å². The highest BCUT2D eigenvalue weighted by Crippen LogP contribution is 2.29. The van der Waals surface area contributed by atoms with Crippen molar-refractivity contribution in [3.63, 3.8) is 0 Å². The number of carbonyl (C=O) groups excluding carboxylic acids is 2. The molecule has 4 aromatic rings. The first kappa shape index (κ1) is 23.4. The molecule has 0 radical (unpaired) electrons. The van der Waals surface area contributed by atoms with Gasteiger partial charge in [0.05, 0.1) is 34.3 Å². The van der Waals surface area contributed by atoms with Crippen molar-refractivity contribution in [3.05, 3.63) is 59.6 Å². The number of nitrogens with zero attached hydrogens (tertiary/aromatic N) is 3. The number of hydrogen-bond acceptors (Lipinski definition) is 7. The molecule has 3 aromatic heterocycles. The molecule has 9 nitrogen and oxygen atoms in total. The molecule has 0 aliphatic carbocycles. The third-order valence-corrected chi connectivity index (χ3v) is 5.85. The van der Waals surface area contributed by atoms with Gasteiger partial charge < -0.3 is 14.8 Å². The molecule has 2 N–H and O–H groups in total. The third kappa shape index (κ3) is 5.24. The van der Waals surface area contributed by atoms with Gasteiger partial charge in [0, 0.05) is 24.5 Å². The number of thiophene rings is 1. The fraction of sp³-hybridized carbons (Fsp3) is 0.250. The molecule has 2 amide bonds. The summed E-state index contributed by atoms with van der Waals surface area (Å²) in [6, 6.07) is 12.6. The summed E-state index contributed by atoms with van der Waals surface area (Å²) in [7, 11) is 1.53. The van der Waals surface area contributed by atoms with Crippen molar-refractivity contribution < 1.29 is 19.1 Å². The van der Waals surface area contributed by atoms with Gasteiger partial charge in [0.15, 0.2) is 5.65 Å². The van der Waals surface area contributed by atoms with E-state index in [9.17, 15) is 9.59 Å². The van der Waals surface area contributed by atoms with E-state index >= 15 is 0 Å². The number of benzene rings is 1. The summed E-state index contributed by atoms with van der Waals surface area (Å²) in [5, 5.41) is 12.6. The van der Waals surface area contributed by atoms with Crippen molar-refractivity contribution in [2.45, 2.75) is 19.9 Å². The monoisotopic (exact) mass is 479 g/mol. The van der Waals surface area contributed by atoms with E-state index in [0.717, 1.165) is 4.88 Å². The van der Waals surface area contributed by atoms with Crippen LogP contribution in [0.1, 0.15) is 30.2 Å². The van der Waals surface area contributed by atoms with Crippen molar-refractivity contribution in [1.82, 2.24) is 14.8 Å². The van der Waals surface area contributed by atoms with Crippen LogP contribution in [-0.2, 0) is 9.47 Å². The molecule has 0 fully saturated rings. The van der Waals surface area contributed by atoms with Gasteiger partial charge in [-0.05, 0) is 49.6 Å². The minimum Gasteiger partial charge on any atom is -0.447 e. The predicted octanol–water partition coefficient (Wildman–Crippen LogP) is 5.19. The molecule has 34 heavy (non-hydrogen) atoms. The highest BCUT2D eigenvalue weighted by Gasteiger charge is 2.19. The standard InChI is InChI=1S/C24H25N5O4S/c1-15(2)29-22-19(14-25-29)18(13-20(28-22)21-8-5-11-34-21)23(30)26-16-6-4-7-17(12-16)27-24(31)33-10-9-32-3/h4-8,11-15H,9-10H2,1-3H3,(H,26,30)(H,27,31). The maximum atomic E-state index is 13.3. The zero-order chi connectivity index (χ0) is 24.1. The van der Waals surface area contributed by atoms with Gasteiger partial charge in [-0.3, -0.25) is 10.1 Å². The quantitative estimate of drug-likeness (QED) is 0.337. The number of nitrogens with one attached hydrogen (secondary N) is 2. The summed E-state index contributed by atoms with van der Waals surface area (Å²) >= 11 is 1.56. The SMILES string of the molecule is COCCOC(=O)Nc1cccc(NC(=O)c2cc(-c3cccs3)nc3c2cnn3C(C)C)c1. The minimum atomic E-state index is -0.599. The van der Waals surface area contributed by atoms with Gasteiger partial charge >= 0.3 is 6.09 Å². The van der Waals surface area contributed by atoms with Crippen LogP contribution >= 0.6 is 11.3 Å². The molecule has 4 rings (SSSR count). The molecule has 1 aromatic carbocycles. The summed E-state index contributed by atoms with van der Waals surface area (Å²) in [4.78, 5) is 31.0. The van der Waals surface area contributed by atoms with Crippen LogP contribution in [0.5, 0.6) is 0 Å². The highest BCUT2D eigenvalue weighted by molar-refractivity contribution is 7.13. The van der Waals surface area contributed by atoms with Crippen LogP contribution < -0.4 is 10.6 Å². The van der Waals surface area contributed by atoms with E-state index in [4.69, 9.17) is 14.5 Å². The van der Waals surface area contributed by atoms with Gasteiger partial charge in [-0.15, -0.1) is 11.3 Å². The molecule has 0 saturated carbocycles. The molecular weight excluding hydrogens is 454 g/mol. The van der Waals surface area contributed by atoms with Crippen LogP contribution in [-0.4, -0.2) is 47.1 Å². The largest absolute Gasteiger partial charge is 0.447 e. The Hall–Kier alpha value is -3.76. The lowest BCUT2D eigenvalue weighted by atomic mass is 10.1. The van der Waals surface area contributed by atoms with Crippen molar-refractivity contribution in [3.8, 4) is 10.6 Å². The van der Waals surface area contributed by atoms with Gasteiger partial charge in [-0.2, -0.15) is 5.10 Å². The Labute approximate surface area is 200 Å². The average Bonchev–Trinajstić information content (AvgIpc) is 3.49. The second-order valence-electron chi connectivity index (χ2n) is 7.74. The van der Waals surface area contributed by atoms with Crippen LogP contribution in [0.3, 0.4) is 0 Å². The van der Waals surface area contributed by atoms with E-state index in [-0.39, 0.29) is 18.6 Å². The van der Waals surface area contributed by atoms with Gasteiger partial charge in [-0.1, -0.05) is 12.1 Å². The first-order valence-electron chi connectivity index (χ1n) is 10.7. The topological polar surface area (TPSA) is 107 Å². The molecule has 0 atom stereocenters. The lowest BCUT2D eigenvalue weighted by Gasteiger charge is -2.11. The van der Waals surface area contributed by atoms with Crippen LogP contribution in [0.25, 0.3) is 21.6 Å². The van der Waals surface area contributed by atoms with E-state index in [1.54, 1.807) is 47.9 Å². The Morgan fingerprint density at radius 3 is 2.59 bits per heavy atom. The average molecular weight is 480 g/mol. The molecular formula is C24H25N5O4S. The Bertz CT molecular complexity index is 1300. The predicted molar refractivity (Wildman–Crippen MR) is 132 cm³/mol. The van der Waals surface area contributed by atoms with E-state index < -0.39 is 6.09 Å². The van der Waals surface area contributed by atoms with Crippen LogP contribution in [0, 0.1) is 0 Å². The maximum absolute atomic E-state index is 13.3. The summed E-state index contributed by atoms with van der Waals surface area (Å²) in [6.07, 6.45) is 1.07. The maximum Gasteiger partial charge on any atom is 0.411 e. The number of carbonyl (C=O) groups is 2. The van der Waals surface area contributed by atoms with Crippen LogP contribution in [0.2, 0.25) is 0 Å². The van der Waals surface area contributed by atoms with E-state index in [0.29, 0.717) is 40.3 Å². The normalized spacial score (nSPS) is 11.1. The van der Waals surface area contributed by atoms with Gasteiger partial charge in [0.25, 0.3) is 5.91 Å². The fourth-order valence-corrected chi connectivity index (χ4v) is 4.07. The lowest BCUT2D eigenvalue weighted by Crippen LogP contribution is -2.17. The number of amides is 2. The van der Waals surface area contributed by atoms with E-state index in [1.807, 2.05) is 36.0 Å². The smallest absolute Gasteiger partial charge is 0.411 e. The van der Waals surface area contributed by atoms with E-state index in [1.165, 1.54) is 7.11 Å². The Morgan fingerprint density at radius 2 is 1.88 bits per heavy atom. The number of fused-ring (bicyclic) bond motifs is 1. The van der Waals surface area contributed by atoms with Crippen LogP contribution in [0.4, 0.5) is 16.2 Å². The molecule has 0 aliphatic heterocycles. The van der Waals surface area contributed by atoms with Gasteiger partial charge in [-0.25, -0.2) is 14.5 Å². The van der Waals surface area contributed by atoms with Crippen molar-refractivity contribution in [2.24, 2.45) is 0 Å². The Balaban J connectivity index is 1.60. The number of rotatable bonds is 8. The number of hydrogen-bond donors (Lipinski definition) is 2. The number of ether oxygens (including phenoxy) is 2. The molecule has 176 valence electrons. The van der Waals surface area contributed by atoms with E-state index in [2.05, 4.69) is 15.7 Å². The number of aromatic nitrogens is 3. The third-order valence-electron chi connectivity index (χ3n) is 4.96. The zero-order valence-electron chi connectivity index (χ0n) is 19.1. The molecule has 0 spiro atoms. The van der Waals surface area contributed by atoms with Crippen molar-refractivity contribution >= 4 is 45.7 Å². The molecule has 0 aliphatic rings. The minimum absolute atomic E-state index is 0.0888. The summed E-state index contributed by atoms with van der Waals surface area (Å²) in [5.74, 6) is -0.298. The fourth-order valence-electron chi connectivity index (χ4n) is 3.38. The Kier molecular flexibility index (Phi) is 7.19. The number of pyridine rings is 1. The molecule has 3 heterocycles. The lowest BCUT2D eigenvalue weighted by molar-refractivity contribution is 0.102. The summed E-state index contributed by atoms with van der Waals surface area (Å²) in [6.45, 7) is 4.49. The Morgan fingerprint density at radius 1 is 1.09 bits per heavy atom. The molecule has 10 heteroatoms. The first-order chi connectivity index (χ1) is 16.5. The van der Waals surface area contributed by atoms with Gasteiger partial charge in [0.2, 0.25) is 0 Å². The van der Waals surface area contributed by atoms with Crippen molar-refractivity contribution in [2.75, 3.05) is 31.0 Å². The molecule has 0 bridgehead atoms. The number of methoxy groups -OCH3 is 1.